The minimum Gasteiger partial charge on any atom is -0.0880 e. The van der Waals surface area contributed by atoms with Crippen LogP contribution in [0, 0.1) is 0 Å². The number of halogens is 1. The maximum absolute atomic E-state index is 3.46. The third-order valence-corrected chi connectivity index (χ3v) is 2.67. The van der Waals surface area contributed by atoms with Gasteiger partial charge in [0.25, 0.3) is 0 Å². The summed E-state index contributed by atoms with van der Waals surface area (Å²) >= 11 is 3.46. The van der Waals surface area contributed by atoms with Crippen LogP contribution in [-0.4, -0.2) is 5.33 Å². The third-order valence-electron chi connectivity index (χ3n) is 1.95. The van der Waals surface area contributed by atoms with Crippen LogP contribution in [-0.2, 0) is 0 Å². The number of hydrogen-bond acceptors (Lipinski definition) is 0. The van der Waals surface area contributed by atoms with E-state index < -0.39 is 0 Å². The lowest BCUT2D eigenvalue weighted by Crippen LogP contribution is -1.93. The van der Waals surface area contributed by atoms with Crippen molar-refractivity contribution in [3.8, 4) is 0 Å². The molecule has 0 bridgehead atoms. The van der Waals surface area contributed by atoms with E-state index >= 15 is 0 Å². The second-order valence-electron chi connectivity index (χ2n) is 2.64. The van der Waals surface area contributed by atoms with Gasteiger partial charge in [-0.1, -0.05) is 46.2 Å². The van der Waals surface area contributed by atoms with Gasteiger partial charge in [0, 0.05) is 5.33 Å². The first kappa shape index (κ1) is 8.06. The highest BCUT2D eigenvalue weighted by Crippen LogP contribution is 2.21. The lowest BCUT2D eigenvalue weighted by Gasteiger charge is -2.10. The first-order valence-corrected chi connectivity index (χ1v) is 4.92. The van der Waals surface area contributed by atoms with Crippen LogP contribution >= 0.6 is 15.9 Å². The molecule has 0 heterocycles. The molecule has 0 amide bonds. The summed E-state index contributed by atoms with van der Waals surface area (Å²) in [6.45, 7) is 2.22. The van der Waals surface area contributed by atoms with Crippen molar-refractivity contribution in [1.29, 1.82) is 0 Å². The first-order valence-electron chi connectivity index (χ1n) is 3.80. The maximum Gasteiger partial charge on any atom is 0.0245 e. The molecule has 10 heavy (non-hydrogen) atoms. The lowest BCUT2D eigenvalue weighted by atomic mass is 9.98. The molecule has 1 aliphatic rings. The van der Waals surface area contributed by atoms with Gasteiger partial charge in [-0.3, -0.25) is 0 Å². The van der Waals surface area contributed by atoms with E-state index in [-0.39, 0.29) is 0 Å². The molecule has 0 aliphatic heterocycles. The van der Waals surface area contributed by atoms with Crippen LogP contribution in [0.25, 0.3) is 0 Å². The molecule has 0 aromatic carbocycles. The van der Waals surface area contributed by atoms with Crippen LogP contribution in [0.2, 0.25) is 0 Å². The van der Waals surface area contributed by atoms with Gasteiger partial charge < -0.3 is 0 Å². The van der Waals surface area contributed by atoms with Crippen LogP contribution in [0.1, 0.15) is 26.2 Å². The Bertz CT molecular complexity index is 146. The summed E-state index contributed by atoms with van der Waals surface area (Å²) in [6.07, 6.45) is 8.25. The number of hydrogen-bond donors (Lipinski definition) is 0. The summed E-state index contributed by atoms with van der Waals surface area (Å²) in [6, 6.07) is 0. The Kier molecular flexibility index (Phi) is 3.20. The van der Waals surface area contributed by atoms with Gasteiger partial charge in [0.2, 0.25) is 0 Å². The van der Waals surface area contributed by atoms with Crippen LogP contribution in [0.5, 0.6) is 0 Å². The molecule has 0 spiro atoms. The van der Waals surface area contributed by atoms with Crippen molar-refractivity contribution in [3.05, 3.63) is 23.3 Å². The largest absolute Gasteiger partial charge is 0.0880 e. The summed E-state index contributed by atoms with van der Waals surface area (Å²) in [7, 11) is 0. The van der Waals surface area contributed by atoms with E-state index in [9.17, 15) is 0 Å². The van der Waals surface area contributed by atoms with Gasteiger partial charge in [-0.05, 0) is 19.3 Å². The molecule has 0 unspecified atom stereocenters. The number of rotatable bonds is 2. The van der Waals surface area contributed by atoms with Crippen molar-refractivity contribution in [1.82, 2.24) is 0 Å². The Morgan fingerprint density at radius 3 is 2.30 bits per heavy atom. The van der Waals surface area contributed by atoms with E-state index in [1.165, 1.54) is 24.8 Å². The average Bonchev–Trinajstić information content (AvgIpc) is 2.05. The van der Waals surface area contributed by atoms with E-state index in [0.717, 1.165) is 5.33 Å². The van der Waals surface area contributed by atoms with Crippen molar-refractivity contribution in [2.75, 3.05) is 5.33 Å². The molecule has 0 radical (unpaired) electrons. The van der Waals surface area contributed by atoms with Crippen LogP contribution in [0.4, 0.5) is 0 Å². The summed E-state index contributed by atoms with van der Waals surface area (Å²) in [5.41, 5.74) is 3.11. The molecule has 0 atom stereocenters. The van der Waals surface area contributed by atoms with E-state index in [0.29, 0.717) is 0 Å². The van der Waals surface area contributed by atoms with E-state index in [1.54, 1.807) is 5.57 Å². The van der Waals surface area contributed by atoms with E-state index in [4.69, 9.17) is 0 Å². The molecule has 0 saturated carbocycles. The van der Waals surface area contributed by atoms with Crippen LogP contribution in [0.15, 0.2) is 23.3 Å². The smallest absolute Gasteiger partial charge is 0.0245 e. The monoisotopic (exact) mass is 200 g/mol. The standard InChI is InChI=1S/C9H13Br/c1-2-8-3-5-9(7-10)6-4-8/h3,5H,2,4,6-7H2,1H3. The normalized spacial score (nSPS) is 18.2. The van der Waals surface area contributed by atoms with Gasteiger partial charge in [0.05, 0.1) is 0 Å². The zero-order valence-electron chi connectivity index (χ0n) is 6.36. The Hall–Kier alpha value is -0.0400. The average molecular weight is 201 g/mol. The second-order valence-corrected chi connectivity index (χ2v) is 3.20. The van der Waals surface area contributed by atoms with Crippen molar-refractivity contribution >= 4 is 15.9 Å². The summed E-state index contributed by atoms with van der Waals surface area (Å²) < 4.78 is 0. The second kappa shape index (κ2) is 3.97. The van der Waals surface area contributed by atoms with E-state index in [1.807, 2.05) is 0 Å². The maximum atomic E-state index is 3.46. The lowest BCUT2D eigenvalue weighted by molar-refractivity contribution is 0.861. The molecular formula is C9H13Br. The van der Waals surface area contributed by atoms with E-state index in [2.05, 4.69) is 35.0 Å². The summed E-state index contributed by atoms with van der Waals surface area (Å²) in [5, 5.41) is 1.04. The molecule has 0 aromatic rings. The van der Waals surface area contributed by atoms with Gasteiger partial charge in [0.1, 0.15) is 0 Å². The van der Waals surface area contributed by atoms with Crippen LogP contribution in [0.3, 0.4) is 0 Å². The molecule has 1 rings (SSSR count). The molecule has 0 nitrogen and oxygen atoms in total. The highest BCUT2D eigenvalue weighted by atomic mass is 79.9. The first-order chi connectivity index (χ1) is 4.86. The SMILES string of the molecule is CCC1=CC=C(CBr)CC1. The Morgan fingerprint density at radius 1 is 1.30 bits per heavy atom. The minimum absolute atomic E-state index is 1.04. The fourth-order valence-corrected chi connectivity index (χ4v) is 1.60. The Morgan fingerprint density at radius 2 is 1.90 bits per heavy atom. The number of allylic oxidation sites excluding steroid dienone is 4. The Labute approximate surface area is 71.1 Å². The quantitative estimate of drug-likeness (QED) is 0.600. The van der Waals surface area contributed by atoms with Gasteiger partial charge in [-0.15, -0.1) is 0 Å². The highest BCUT2D eigenvalue weighted by Gasteiger charge is 2.02. The molecule has 56 valence electrons. The van der Waals surface area contributed by atoms with Crippen molar-refractivity contribution in [2.24, 2.45) is 0 Å². The van der Waals surface area contributed by atoms with Gasteiger partial charge >= 0.3 is 0 Å². The third kappa shape index (κ3) is 1.98. The fraction of sp³-hybridized carbons (Fsp3) is 0.556. The fourth-order valence-electron chi connectivity index (χ4n) is 1.13. The van der Waals surface area contributed by atoms with Crippen molar-refractivity contribution in [2.45, 2.75) is 26.2 Å². The number of alkyl halides is 1. The highest BCUT2D eigenvalue weighted by molar-refractivity contribution is 9.09. The molecule has 0 N–H and O–H groups in total. The minimum atomic E-state index is 1.04. The van der Waals surface area contributed by atoms with Crippen molar-refractivity contribution < 1.29 is 0 Å². The molecule has 1 aliphatic carbocycles. The zero-order chi connectivity index (χ0) is 7.40. The predicted molar refractivity (Wildman–Crippen MR) is 49.5 cm³/mol. The van der Waals surface area contributed by atoms with Crippen LogP contribution < -0.4 is 0 Å². The van der Waals surface area contributed by atoms with Crippen molar-refractivity contribution in [3.63, 3.8) is 0 Å². The van der Waals surface area contributed by atoms with Gasteiger partial charge in [-0.2, -0.15) is 0 Å². The van der Waals surface area contributed by atoms with Gasteiger partial charge in [0.15, 0.2) is 0 Å². The van der Waals surface area contributed by atoms with Gasteiger partial charge in [-0.25, -0.2) is 0 Å². The topological polar surface area (TPSA) is 0 Å². The Balaban J connectivity index is 2.55. The molecular weight excluding hydrogens is 188 g/mol. The summed E-state index contributed by atoms with van der Waals surface area (Å²) in [4.78, 5) is 0. The molecule has 0 aromatic heterocycles. The molecule has 0 fully saturated rings. The summed E-state index contributed by atoms with van der Waals surface area (Å²) in [5.74, 6) is 0. The molecule has 1 heteroatoms. The zero-order valence-corrected chi connectivity index (χ0v) is 7.95. The molecule has 0 saturated heterocycles. The predicted octanol–water partition coefficient (Wildman–Crippen LogP) is 3.44.